The van der Waals surface area contributed by atoms with Gasteiger partial charge in [0.1, 0.15) is 18.2 Å². The fourth-order valence-electron chi connectivity index (χ4n) is 2.89. The standard InChI is InChI=1S/C19H16F2N4O5/c1-30-14(26)9-23-16-12-3-2-6-22-17(12)25(29)19(28)15(16)18(27)24-8-10-4-5-11(20)7-13(10)21/h2-7,15,29H,8-9H2,1H3,(H,24,27)/p+1. The SMILES string of the molecule is COC(=O)CN=C1c2ccc[nH+]c2N(O)C(=O)C1C(=O)NCc1ccc(F)cc1F. The highest BCUT2D eigenvalue weighted by Crippen LogP contribution is 2.26. The number of benzene rings is 1. The van der Waals surface area contributed by atoms with E-state index in [4.69, 9.17) is 0 Å². The molecule has 3 N–H and O–H groups in total. The number of halogens is 2. The van der Waals surface area contributed by atoms with E-state index in [1.165, 1.54) is 12.3 Å². The molecular weight excluding hydrogens is 402 g/mol. The molecule has 1 aromatic heterocycles. The van der Waals surface area contributed by atoms with Crippen molar-refractivity contribution in [3.63, 3.8) is 0 Å². The van der Waals surface area contributed by atoms with E-state index in [9.17, 15) is 28.4 Å². The van der Waals surface area contributed by atoms with Crippen molar-refractivity contribution in [1.29, 1.82) is 0 Å². The summed E-state index contributed by atoms with van der Waals surface area (Å²) < 4.78 is 31.4. The van der Waals surface area contributed by atoms with Gasteiger partial charge in [-0.15, -0.1) is 0 Å². The largest absolute Gasteiger partial charge is 0.468 e. The molecule has 1 aromatic carbocycles. The Bertz CT molecular complexity index is 1040. The quantitative estimate of drug-likeness (QED) is 0.413. The summed E-state index contributed by atoms with van der Waals surface area (Å²) in [4.78, 5) is 43.6. The lowest BCUT2D eigenvalue weighted by atomic mass is 9.91. The highest BCUT2D eigenvalue weighted by Gasteiger charge is 2.48. The van der Waals surface area contributed by atoms with E-state index >= 15 is 0 Å². The lowest BCUT2D eigenvalue weighted by Gasteiger charge is -2.24. The van der Waals surface area contributed by atoms with Crippen LogP contribution >= 0.6 is 0 Å². The number of nitrogens with one attached hydrogen (secondary N) is 2. The van der Waals surface area contributed by atoms with Crippen LogP contribution in [0.1, 0.15) is 11.1 Å². The third-order valence-corrected chi connectivity index (χ3v) is 4.39. The van der Waals surface area contributed by atoms with Crippen LogP contribution in [0.5, 0.6) is 0 Å². The number of fused-ring (bicyclic) bond motifs is 1. The van der Waals surface area contributed by atoms with Crippen LogP contribution in [0, 0.1) is 17.6 Å². The van der Waals surface area contributed by atoms with Crippen LogP contribution in [0.25, 0.3) is 0 Å². The number of esters is 1. The van der Waals surface area contributed by atoms with E-state index in [2.05, 4.69) is 20.0 Å². The van der Waals surface area contributed by atoms with Crippen LogP contribution in [0.2, 0.25) is 0 Å². The Kier molecular flexibility index (Phi) is 6.11. The van der Waals surface area contributed by atoms with Crippen molar-refractivity contribution in [3.05, 3.63) is 59.3 Å². The Labute approximate surface area is 169 Å². The number of carbonyl (C=O) groups excluding carboxylic acids is 3. The lowest BCUT2D eigenvalue weighted by molar-refractivity contribution is -0.367. The summed E-state index contributed by atoms with van der Waals surface area (Å²) in [6, 6.07) is 5.90. The van der Waals surface area contributed by atoms with Gasteiger partial charge in [-0.25, -0.2) is 23.8 Å². The molecule has 2 heterocycles. The number of methoxy groups -OCH3 is 1. The summed E-state index contributed by atoms with van der Waals surface area (Å²) in [5.74, 6) is -5.88. The summed E-state index contributed by atoms with van der Waals surface area (Å²) in [5, 5.41) is 12.8. The van der Waals surface area contributed by atoms with Gasteiger partial charge >= 0.3 is 17.7 Å². The summed E-state index contributed by atoms with van der Waals surface area (Å²) in [6.45, 7) is -0.798. The number of nitrogens with zero attached hydrogens (tertiary/aromatic N) is 2. The minimum absolute atomic E-state index is 0.00403. The molecule has 0 fully saturated rings. The van der Waals surface area contributed by atoms with Gasteiger partial charge in [0.05, 0.1) is 24.6 Å². The first-order valence-electron chi connectivity index (χ1n) is 8.70. The normalized spacial score (nSPS) is 16.9. The molecule has 1 aliphatic rings. The maximum absolute atomic E-state index is 13.8. The topological polar surface area (TPSA) is 122 Å². The van der Waals surface area contributed by atoms with Crippen molar-refractivity contribution in [2.45, 2.75) is 6.54 Å². The number of aromatic amines is 1. The van der Waals surface area contributed by atoms with Crippen molar-refractivity contribution in [3.8, 4) is 0 Å². The second-order valence-electron chi connectivity index (χ2n) is 6.25. The van der Waals surface area contributed by atoms with E-state index in [0.29, 0.717) is 6.07 Å². The van der Waals surface area contributed by atoms with E-state index < -0.39 is 41.9 Å². The monoisotopic (exact) mass is 419 g/mol. The fraction of sp³-hybridized carbons (Fsp3) is 0.211. The number of hydrogen-bond donors (Lipinski definition) is 2. The van der Waals surface area contributed by atoms with Crippen molar-refractivity contribution in [1.82, 2.24) is 5.32 Å². The molecule has 1 unspecified atom stereocenters. The molecule has 0 saturated heterocycles. The molecule has 3 rings (SSSR count). The molecule has 0 saturated carbocycles. The number of aromatic nitrogens is 1. The van der Waals surface area contributed by atoms with Gasteiger partial charge < -0.3 is 10.1 Å². The number of ether oxygens (including phenoxy) is 1. The molecule has 2 amide bonds. The second kappa shape index (κ2) is 8.74. The average Bonchev–Trinajstić information content (AvgIpc) is 2.74. The zero-order valence-corrected chi connectivity index (χ0v) is 15.7. The Hall–Kier alpha value is -3.73. The van der Waals surface area contributed by atoms with Crippen LogP contribution in [-0.2, 0) is 25.7 Å². The van der Waals surface area contributed by atoms with Crippen LogP contribution in [0.4, 0.5) is 14.6 Å². The Morgan fingerprint density at radius 3 is 2.80 bits per heavy atom. The molecular formula is C19H17F2N4O5+. The number of H-pyrrole nitrogens is 1. The van der Waals surface area contributed by atoms with Gasteiger partial charge in [-0.05, 0) is 23.3 Å². The first kappa shape index (κ1) is 21.0. The minimum Gasteiger partial charge on any atom is -0.468 e. The summed E-state index contributed by atoms with van der Waals surface area (Å²) >= 11 is 0. The molecule has 1 atom stereocenters. The number of rotatable bonds is 5. The molecule has 156 valence electrons. The van der Waals surface area contributed by atoms with Crippen molar-refractivity contribution < 1.29 is 38.1 Å². The zero-order valence-electron chi connectivity index (χ0n) is 15.7. The predicted molar refractivity (Wildman–Crippen MR) is 97.4 cm³/mol. The van der Waals surface area contributed by atoms with Crippen molar-refractivity contribution in [2.75, 3.05) is 18.7 Å². The van der Waals surface area contributed by atoms with E-state index in [1.54, 1.807) is 6.07 Å². The maximum Gasteiger partial charge on any atom is 0.358 e. The maximum atomic E-state index is 13.8. The molecule has 1 aliphatic heterocycles. The Morgan fingerprint density at radius 2 is 2.10 bits per heavy atom. The number of carbonyl (C=O) groups is 3. The number of amides is 2. The van der Waals surface area contributed by atoms with Gasteiger partial charge in [-0.2, -0.15) is 0 Å². The van der Waals surface area contributed by atoms with Crippen LogP contribution in [0.15, 0.2) is 41.5 Å². The van der Waals surface area contributed by atoms with Crippen molar-refractivity contribution in [2.24, 2.45) is 10.9 Å². The Morgan fingerprint density at radius 1 is 1.33 bits per heavy atom. The van der Waals surface area contributed by atoms with Crippen LogP contribution in [-0.4, -0.2) is 42.4 Å². The van der Waals surface area contributed by atoms with Crippen LogP contribution in [0.3, 0.4) is 0 Å². The molecule has 2 aromatic rings. The first-order valence-corrected chi connectivity index (χ1v) is 8.70. The number of hydroxylamine groups is 1. The van der Waals surface area contributed by atoms with Gasteiger partial charge in [0.15, 0.2) is 5.92 Å². The third kappa shape index (κ3) is 4.15. The summed E-state index contributed by atoms with van der Waals surface area (Å²) in [5.41, 5.74) is 0.145. The predicted octanol–water partition coefficient (Wildman–Crippen LogP) is 0.409. The molecule has 0 spiro atoms. The fourth-order valence-corrected chi connectivity index (χ4v) is 2.89. The smallest absolute Gasteiger partial charge is 0.358 e. The van der Waals surface area contributed by atoms with Gasteiger partial charge in [0.25, 0.3) is 0 Å². The lowest BCUT2D eigenvalue weighted by Crippen LogP contribution is -2.52. The number of anilines is 1. The van der Waals surface area contributed by atoms with E-state index in [1.807, 2.05) is 0 Å². The molecule has 11 heteroatoms. The second-order valence-corrected chi connectivity index (χ2v) is 6.25. The highest BCUT2D eigenvalue weighted by atomic mass is 19.1. The number of hydrogen-bond acceptors (Lipinski definition) is 6. The van der Waals surface area contributed by atoms with Gasteiger partial charge in [-0.3, -0.25) is 14.6 Å². The minimum atomic E-state index is -1.61. The number of pyridine rings is 1. The van der Waals surface area contributed by atoms with Crippen molar-refractivity contribution >= 4 is 29.3 Å². The third-order valence-electron chi connectivity index (χ3n) is 4.39. The van der Waals surface area contributed by atoms with Crippen LogP contribution < -0.4 is 15.4 Å². The molecule has 9 nitrogen and oxygen atoms in total. The van der Waals surface area contributed by atoms with Gasteiger partial charge in [0, 0.05) is 18.2 Å². The average molecular weight is 419 g/mol. The zero-order chi connectivity index (χ0) is 21.8. The van der Waals surface area contributed by atoms with E-state index in [-0.39, 0.29) is 34.3 Å². The summed E-state index contributed by atoms with van der Waals surface area (Å²) in [6.07, 6.45) is 1.45. The molecule has 0 bridgehead atoms. The molecule has 0 aliphatic carbocycles. The van der Waals surface area contributed by atoms with Gasteiger partial charge in [-0.1, -0.05) is 6.07 Å². The molecule has 30 heavy (non-hydrogen) atoms. The van der Waals surface area contributed by atoms with E-state index in [0.717, 1.165) is 19.2 Å². The first-order chi connectivity index (χ1) is 14.3. The van der Waals surface area contributed by atoms with Gasteiger partial charge in [0.2, 0.25) is 5.91 Å². The number of aliphatic imine (C=N–C) groups is 1. The Balaban J connectivity index is 1.92. The highest BCUT2D eigenvalue weighted by molar-refractivity contribution is 6.31. The summed E-state index contributed by atoms with van der Waals surface area (Å²) in [7, 11) is 1.16. The molecule has 0 radical (unpaired) electrons.